The van der Waals surface area contributed by atoms with E-state index in [1.807, 2.05) is 30.3 Å². The zero-order valence-electron chi connectivity index (χ0n) is 23.4. The van der Waals surface area contributed by atoms with Crippen LogP contribution < -0.4 is 4.74 Å². The molecule has 1 aromatic carbocycles. The molecule has 2 aliphatic heterocycles. The maximum atomic E-state index is 11.1. The van der Waals surface area contributed by atoms with Gasteiger partial charge in [0.15, 0.2) is 12.6 Å². The zero-order chi connectivity index (χ0) is 28.0. The van der Waals surface area contributed by atoms with Crippen LogP contribution in [0, 0.1) is 5.92 Å². The van der Waals surface area contributed by atoms with E-state index in [0.717, 1.165) is 62.9 Å². The molecule has 40 heavy (non-hydrogen) atoms. The van der Waals surface area contributed by atoms with Gasteiger partial charge in [0.1, 0.15) is 18.5 Å². The smallest absolute Gasteiger partial charge is 0.304 e. The molecule has 0 bridgehead atoms. The molecule has 4 rings (SSSR count). The van der Waals surface area contributed by atoms with Gasteiger partial charge in [-0.3, -0.25) is 4.79 Å². The van der Waals surface area contributed by atoms with Crippen LogP contribution in [0.4, 0.5) is 0 Å². The number of carbonyl (C=O) groups is 1. The third-order valence-electron chi connectivity index (χ3n) is 7.64. The molecule has 2 saturated heterocycles. The van der Waals surface area contributed by atoms with E-state index >= 15 is 0 Å². The Kier molecular flexibility index (Phi) is 13.8. The molecule has 1 aromatic rings. The van der Waals surface area contributed by atoms with Crippen molar-refractivity contribution < 1.29 is 43.4 Å². The summed E-state index contributed by atoms with van der Waals surface area (Å²) in [4.78, 5) is 10.8. The number of carboxylic acid groups (broad SMARTS) is 1. The molecular formula is C30H46O9S. The summed E-state index contributed by atoms with van der Waals surface area (Å²) in [5.41, 5.74) is 0. The molecule has 1 saturated carbocycles. The van der Waals surface area contributed by atoms with Gasteiger partial charge in [-0.05, 0) is 69.3 Å². The number of thioether (sulfide) groups is 1. The normalized spacial score (nSPS) is 29.7. The van der Waals surface area contributed by atoms with Gasteiger partial charge in [-0.1, -0.05) is 18.2 Å². The van der Waals surface area contributed by atoms with Crippen LogP contribution in [0.2, 0.25) is 0 Å². The van der Waals surface area contributed by atoms with Gasteiger partial charge in [0, 0.05) is 31.3 Å². The Balaban J connectivity index is 1.36. The molecule has 3 aliphatic rings. The number of rotatable bonds is 17. The predicted molar refractivity (Wildman–Crippen MR) is 152 cm³/mol. The monoisotopic (exact) mass is 582 g/mol. The van der Waals surface area contributed by atoms with Gasteiger partial charge in [0.05, 0.1) is 31.3 Å². The highest BCUT2D eigenvalue weighted by molar-refractivity contribution is 7.99. The Bertz CT molecular complexity index is 832. The Hall–Kier alpha value is -1.40. The molecule has 7 unspecified atom stereocenters. The highest BCUT2D eigenvalue weighted by Crippen LogP contribution is 2.37. The van der Waals surface area contributed by atoms with Crippen LogP contribution in [0.1, 0.15) is 64.2 Å². The highest BCUT2D eigenvalue weighted by atomic mass is 32.2. The zero-order valence-corrected chi connectivity index (χ0v) is 24.2. The summed E-state index contributed by atoms with van der Waals surface area (Å²) >= 11 is 1.63. The van der Waals surface area contributed by atoms with E-state index in [1.165, 1.54) is 0 Å². The van der Waals surface area contributed by atoms with Crippen LogP contribution in [-0.2, 0) is 28.5 Å². The first-order valence-electron chi connectivity index (χ1n) is 14.9. The summed E-state index contributed by atoms with van der Waals surface area (Å²) in [5.74, 6) is 1.34. The summed E-state index contributed by atoms with van der Waals surface area (Å²) in [6, 6.07) is 9.66. The second-order valence-corrected chi connectivity index (χ2v) is 12.0. The summed E-state index contributed by atoms with van der Waals surface area (Å²) in [7, 11) is 0. The molecule has 0 spiro atoms. The maximum Gasteiger partial charge on any atom is 0.304 e. The van der Waals surface area contributed by atoms with Crippen LogP contribution in [-0.4, -0.2) is 91.1 Å². The summed E-state index contributed by atoms with van der Waals surface area (Å²) in [5, 5.41) is 19.9. The fourth-order valence-electron chi connectivity index (χ4n) is 5.54. The van der Waals surface area contributed by atoms with E-state index in [0.29, 0.717) is 38.6 Å². The fraction of sp³-hybridized carbons (Fsp3) is 0.767. The lowest BCUT2D eigenvalue weighted by atomic mass is 9.97. The van der Waals surface area contributed by atoms with E-state index in [1.54, 1.807) is 11.8 Å². The number of hydrogen-bond acceptors (Lipinski definition) is 9. The number of aliphatic carboxylic acids is 1. The van der Waals surface area contributed by atoms with Gasteiger partial charge < -0.3 is 38.6 Å². The van der Waals surface area contributed by atoms with Crippen molar-refractivity contribution in [1.29, 1.82) is 0 Å². The molecular weight excluding hydrogens is 536 g/mol. The molecule has 0 aromatic heterocycles. The van der Waals surface area contributed by atoms with Crippen LogP contribution in [0.3, 0.4) is 0 Å². The standard InChI is InChI=1S/C30H46O9S/c31-25-19-26(39-29-13-5-7-16-35-29)30(24(25)11-8-17-40-18-14-27(32)33)37-21-23(38-28-12-4-6-15-34-28)20-36-22-9-2-1-3-10-22/h1-3,9-10,23-26,28-31H,4-8,11-21H2,(H,32,33). The van der Waals surface area contributed by atoms with Crippen molar-refractivity contribution in [2.45, 2.75) is 101 Å². The molecule has 2 heterocycles. The van der Waals surface area contributed by atoms with Crippen molar-refractivity contribution in [3.8, 4) is 5.75 Å². The number of carboxylic acids is 1. The van der Waals surface area contributed by atoms with E-state index < -0.39 is 12.1 Å². The Morgan fingerprint density at radius 2 is 1.75 bits per heavy atom. The number of hydrogen-bond donors (Lipinski definition) is 2. The highest BCUT2D eigenvalue weighted by Gasteiger charge is 2.45. The molecule has 10 heteroatoms. The SMILES string of the molecule is O=C(O)CCSCCCC1C(O)CC(OC2CCCCO2)C1OCC(COc1ccccc1)OC1CCCCO1. The Labute approximate surface area is 242 Å². The number of para-hydroxylation sites is 1. The second kappa shape index (κ2) is 17.5. The summed E-state index contributed by atoms with van der Waals surface area (Å²) < 4.78 is 37.0. The van der Waals surface area contributed by atoms with Crippen LogP contribution in [0.15, 0.2) is 30.3 Å². The van der Waals surface area contributed by atoms with Gasteiger partial charge in [0.25, 0.3) is 0 Å². The molecule has 1 aliphatic carbocycles. The van der Waals surface area contributed by atoms with Crippen molar-refractivity contribution in [2.24, 2.45) is 5.92 Å². The minimum absolute atomic E-state index is 0.0877. The summed E-state index contributed by atoms with van der Waals surface area (Å²) in [6.45, 7) is 1.99. The topological polar surface area (TPSA) is 113 Å². The number of ether oxygens (including phenoxy) is 6. The fourth-order valence-corrected chi connectivity index (χ4v) is 6.44. The van der Waals surface area contributed by atoms with Crippen molar-refractivity contribution >= 4 is 17.7 Å². The van der Waals surface area contributed by atoms with Crippen LogP contribution in [0.5, 0.6) is 5.75 Å². The van der Waals surface area contributed by atoms with Crippen molar-refractivity contribution in [2.75, 3.05) is 37.9 Å². The maximum absolute atomic E-state index is 11.1. The van der Waals surface area contributed by atoms with Crippen molar-refractivity contribution in [3.05, 3.63) is 30.3 Å². The molecule has 226 valence electrons. The lowest BCUT2D eigenvalue weighted by Crippen LogP contribution is -2.40. The van der Waals surface area contributed by atoms with Gasteiger partial charge >= 0.3 is 5.97 Å². The molecule has 0 radical (unpaired) electrons. The first-order valence-corrected chi connectivity index (χ1v) is 16.0. The minimum atomic E-state index is -0.774. The van der Waals surface area contributed by atoms with E-state index in [4.69, 9.17) is 33.5 Å². The average molecular weight is 583 g/mol. The van der Waals surface area contributed by atoms with E-state index in [9.17, 15) is 9.90 Å². The Morgan fingerprint density at radius 1 is 1.00 bits per heavy atom. The quantitative estimate of drug-likeness (QED) is 0.252. The molecule has 0 amide bonds. The second-order valence-electron chi connectivity index (χ2n) is 10.8. The lowest BCUT2D eigenvalue weighted by Gasteiger charge is -2.32. The van der Waals surface area contributed by atoms with Gasteiger partial charge in [-0.15, -0.1) is 0 Å². The molecule has 9 nitrogen and oxygen atoms in total. The van der Waals surface area contributed by atoms with Gasteiger partial charge in [-0.25, -0.2) is 0 Å². The third kappa shape index (κ3) is 10.8. The third-order valence-corrected chi connectivity index (χ3v) is 8.71. The number of aliphatic hydroxyl groups excluding tert-OH is 1. The van der Waals surface area contributed by atoms with Crippen LogP contribution >= 0.6 is 11.8 Å². The lowest BCUT2D eigenvalue weighted by molar-refractivity contribution is -0.226. The number of benzene rings is 1. The van der Waals surface area contributed by atoms with E-state index in [2.05, 4.69) is 0 Å². The van der Waals surface area contributed by atoms with Crippen LogP contribution in [0.25, 0.3) is 0 Å². The Morgan fingerprint density at radius 3 is 2.45 bits per heavy atom. The van der Waals surface area contributed by atoms with E-state index in [-0.39, 0.29) is 43.2 Å². The first kappa shape index (κ1) is 31.5. The molecule has 2 N–H and O–H groups in total. The predicted octanol–water partition coefficient (Wildman–Crippen LogP) is 4.64. The summed E-state index contributed by atoms with van der Waals surface area (Å²) in [6.07, 6.45) is 6.19. The van der Waals surface area contributed by atoms with Gasteiger partial charge in [-0.2, -0.15) is 11.8 Å². The van der Waals surface area contributed by atoms with Gasteiger partial charge in [0.2, 0.25) is 0 Å². The molecule has 7 atom stereocenters. The van der Waals surface area contributed by atoms with Crippen molar-refractivity contribution in [1.82, 2.24) is 0 Å². The minimum Gasteiger partial charge on any atom is -0.491 e. The number of aliphatic hydroxyl groups is 1. The average Bonchev–Trinajstić information content (AvgIpc) is 3.26. The largest absolute Gasteiger partial charge is 0.491 e. The van der Waals surface area contributed by atoms with Crippen molar-refractivity contribution in [3.63, 3.8) is 0 Å². The molecule has 3 fully saturated rings. The first-order chi connectivity index (χ1) is 19.6.